The summed E-state index contributed by atoms with van der Waals surface area (Å²) in [5, 5.41) is 0. The van der Waals surface area contributed by atoms with Gasteiger partial charge in [-0.2, -0.15) is 0 Å². The monoisotopic (exact) mass is 304 g/mol. The highest BCUT2D eigenvalue weighted by Crippen LogP contribution is 2.21. The summed E-state index contributed by atoms with van der Waals surface area (Å²) in [6, 6.07) is 7.56. The topological polar surface area (TPSA) is 49.9 Å². The van der Waals surface area contributed by atoms with Gasteiger partial charge >= 0.3 is 5.97 Å². The molecule has 1 aromatic rings. The van der Waals surface area contributed by atoms with Crippen LogP contribution in [-0.2, 0) is 9.53 Å². The average molecular weight is 304 g/mol. The van der Waals surface area contributed by atoms with Crippen LogP contribution < -0.4 is 4.90 Å². The molecule has 0 radical (unpaired) electrons. The van der Waals surface area contributed by atoms with Gasteiger partial charge in [-0.05, 0) is 38.0 Å². The molecule has 1 aromatic carbocycles. The third-order valence-electron chi connectivity index (χ3n) is 3.94. The van der Waals surface area contributed by atoms with E-state index in [-0.39, 0.29) is 17.8 Å². The lowest BCUT2D eigenvalue weighted by Crippen LogP contribution is -2.42. The maximum atomic E-state index is 12.7. The number of benzene rings is 1. The van der Waals surface area contributed by atoms with Gasteiger partial charge in [0.1, 0.15) is 0 Å². The maximum Gasteiger partial charge on any atom is 0.310 e. The van der Waals surface area contributed by atoms with E-state index in [1.54, 1.807) is 11.8 Å². The number of likely N-dealkylation sites (tertiary alicyclic amines) is 1. The minimum absolute atomic E-state index is 0.0160. The molecule has 1 amide bonds. The molecule has 0 spiro atoms. The molecule has 1 atom stereocenters. The highest BCUT2D eigenvalue weighted by Gasteiger charge is 2.29. The first-order valence-electron chi connectivity index (χ1n) is 7.76. The third-order valence-corrected chi connectivity index (χ3v) is 3.94. The van der Waals surface area contributed by atoms with E-state index >= 15 is 0 Å². The van der Waals surface area contributed by atoms with Gasteiger partial charge in [0.25, 0.3) is 5.91 Å². The smallest absolute Gasteiger partial charge is 0.310 e. The molecule has 1 saturated heterocycles. The standard InChI is InChI=1S/C17H24N2O3/c1-4-22-17(21)14-8-6-10-19(12-14)16(20)13-7-5-9-15(11-13)18(2)3/h5,7,9,11,14H,4,6,8,10,12H2,1-3H3. The molecular weight excluding hydrogens is 280 g/mol. The van der Waals surface area contributed by atoms with E-state index in [0.717, 1.165) is 18.5 Å². The van der Waals surface area contributed by atoms with Crippen molar-refractivity contribution in [3.05, 3.63) is 29.8 Å². The van der Waals surface area contributed by atoms with Crippen molar-refractivity contribution < 1.29 is 14.3 Å². The minimum atomic E-state index is -0.199. The van der Waals surface area contributed by atoms with Crippen LogP contribution in [-0.4, -0.2) is 50.6 Å². The summed E-state index contributed by atoms with van der Waals surface area (Å²) < 4.78 is 5.08. The number of carbonyl (C=O) groups excluding carboxylic acids is 2. The first-order valence-corrected chi connectivity index (χ1v) is 7.76. The van der Waals surface area contributed by atoms with Crippen LogP contribution in [0, 0.1) is 5.92 Å². The molecule has 2 rings (SSSR count). The minimum Gasteiger partial charge on any atom is -0.466 e. The lowest BCUT2D eigenvalue weighted by Gasteiger charge is -2.31. The van der Waals surface area contributed by atoms with E-state index < -0.39 is 0 Å². The predicted molar refractivity (Wildman–Crippen MR) is 86.0 cm³/mol. The summed E-state index contributed by atoms with van der Waals surface area (Å²) in [4.78, 5) is 28.3. The Balaban J connectivity index is 2.08. The quantitative estimate of drug-likeness (QED) is 0.800. The molecule has 1 heterocycles. The lowest BCUT2D eigenvalue weighted by molar-refractivity contribution is -0.149. The van der Waals surface area contributed by atoms with Crippen molar-refractivity contribution in [2.75, 3.05) is 38.7 Å². The molecule has 0 saturated carbocycles. The Hall–Kier alpha value is -2.04. The Bertz CT molecular complexity index is 542. The van der Waals surface area contributed by atoms with Gasteiger partial charge in [-0.1, -0.05) is 6.07 Å². The Kier molecular flexibility index (Phi) is 5.41. The highest BCUT2D eigenvalue weighted by molar-refractivity contribution is 5.95. The number of hydrogen-bond donors (Lipinski definition) is 0. The molecule has 5 heteroatoms. The summed E-state index contributed by atoms with van der Waals surface area (Å²) in [5.41, 5.74) is 1.65. The number of anilines is 1. The van der Waals surface area contributed by atoms with Crippen molar-refractivity contribution in [3.63, 3.8) is 0 Å². The van der Waals surface area contributed by atoms with Crippen molar-refractivity contribution in [2.24, 2.45) is 5.92 Å². The summed E-state index contributed by atoms with van der Waals surface area (Å²) in [6.45, 7) is 3.33. The van der Waals surface area contributed by atoms with Crippen LogP contribution in [0.3, 0.4) is 0 Å². The van der Waals surface area contributed by atoms with Crippen molar-refractivity contribution in [1.82, 2.24) is 4.90 Å². The number of hydrogen-bond acceptors (Lipinski definition) is 4. The number of amides is 1. The Labute approximate surface area is 131 Å². The first-order chi connectivity index (χ1) is 10.5. The summed E-state index contributed by atoms with van der Waals surface area (Å²) >= 11 is 0. The number of esters is 1. The lowest BCUT2D eigenvalue weighted by atomic mass is 9.97. The van der Waals surface area contributed by atoms with E-state index in [9.17, 15) is 9.59 Å². The van der Waals surface area contributed by atoms with Gasteiger partial charge in [0.2, 0.25) is 0 Å². The largest absolute Gasteiger partial charge is 0.466 e. The number of piperidine rings is 1. The predicted octanol–water partition coefficient (Wildman–Crippen LogP) is 2.17. The average Bonchev–Trinajstić information content (AvgIpc) is 2.54. The van der Waals surface area contributed by atoms with Crippen molar-refractivity contribution >= 4 is 17.6 Å². The summed E-state index contributed by atoms with van der Waals surface area (Å²) in [7, 11) is 3.89. The normalized spacial score (nSPS) is 18.0. The number of ether oxygens (including phenoxy) is 1. The van der Waals surface area contributed by atoms with Gasteiger partial charge in [0.05, 0.1) is 12.5 Å². The Morgan fingerprint density at radius 3 is 2.82 bits per heavy atom. The second kappa shape index (κ2) is 7.29. The van der Waals surface area contributed by atoms with Crippen LogP contribution in [0.1, 0.15) is 30.1 Å². The molecule has 5 nitrogen and oxygen atoms in total. The molecule has 120 valence electrons. The first kappa shape index (κ1) is 16.3. The fourth-order valence-corrected chi connectivity index (χ4v) is 2.71. The SMILES string of the molecule is CCOC(=O)C1CCCN(C(=O)c2cccc(N(C)C)c2)C1. The van der Waals surface area contributed by atoms with Gasteiger partial charge in [-0.15, -0.1) is 0 Å². The molecule has 0 aliphatic carbocycles. The zero-order chi connectivity index (χ0) is 16.1. The third kappa shape index (κ3) is 3.78. The number of carbonyl (C=O) groups is 2. The van der Waals surface area contributed by atoms with Gasteiger partial charge in [0, 0.05) is 38.4 Å². The van der Waals surface area contributed by atoms with Crippen molar-refractivity contribution in [1.29, 1.82) is 0 Å². The molecule has 22 heavy (non-hydrogen) atoms. The fraction of sp³-hybridized carbons (Fsp3) is 0.529. The second-order valence-electron chi connectivity index (χ2n) is 5.79. The molecule has 1 aliphatic rings. The number of nitrogens with zero attached hydrogens (tertiary/aromatic N) is 2. The van der Waals surface area contributed by atoms with E-state index in [0.29, 0.717) is 25.3 Å². The Morgan fingerprint density at radius 1 is 1.36 bits per heavy atom. The molecule has 0 aromatic heterocycles. The van der Waals surface area contributed by atoms with E-state index in [1.165, 1.54) is 0 Å². The second-order valence-corrected chi connectivity index (χ2v) is 5.79. The van der Waals surface area contributed by atoms with Gasteiger partial charge in [-0.25, -0.2) is 0 Å². The van der Waals surface area contributed by atoms with E-state index in [1.807, 2.05) is 43.3 Å². The van der Waals surface area contributed by atoms with Crippen LogP contribution in [0.2, 0.25) is 0 Å². The highest BCUT2D eigenvalue weighted by atomic mass is 16.5. The molecule has 1 fully saturated rings. The molecule has 1 unspecified atom stereocenters. The van der Waals surface area contributed by atoms with Crippen LogP contribution >= 0.6 is 0 Å². The van der Waals surface area contributed by atoms with Crippen LogP contribution in [0.5, 0.6) is 0 Å². The number of rotatable bonds is 4. The Morgan fingerprint density at radius 2 is 2.14 bits per heavy atom. The molecule has 0 N–H and O–H groups in total. The summed E-state index contributed by atoms with van der Waals surface area (Å²) in [6.07, 6.45) is 1.63. The van der Waals surface area contributed by atoms with Crippen LogP contribution in [0.25, 0.3) is 0 Å². The van der Waals surface area contributed by atoms with E-state index in [2.05, 4.69) is 0 Å². The van der Waals surface area contributed by atoms with Crippen molar-refractivity contribution in [3.8, 4) is 0 Å². The zero-order valence-corrected chi connectivity index (χ0v) is 13.5. The fourth-order valence-electron chi connectivity index (χ4n) is 2.71. The zero-order valence-electron chi connectivity index (χ0n) is 13.5. The maximum absolute atomic E-state index is 12.7. The molecular formula is C17H24N2O3. The van der Waals surface area contributed by atoms with Crippen molar-refractivity contribution in [2.45, 2.75) is 19.8 Å². The van der Waals surface area contributed by atoms with Gasteiger partial charge in [0.15, 0.2) is 0 Å². The van der Waals surface area contributed by atoms with Gasteiger partial charge < -0.3 is 14.5 Å². The molecule has 0 bridgehead atoms. The molecule has 1 aliphatic heterocycles. The van der Waals surface area contributed by atoms with Crippen LogP contribution in [0.15, 0.2) is 24.3 Å². The summed E-state index contributed by atoms with van der Waals surface area (Å²) in [5.74, 6) is -0.408. The van der Waals surface area contributed by atoms with Crippen LogP contribution in [0.4, 0.5) is 5.69 Å². The van der Waals surface area contributed by atoms with E-state index in [4.69, 9.17) is 4.74 Å². The van der Waals surface area contributed by atoms with Gasteiger partial charge in [-0.3, -0.25) is 9.59 Å².